The Morgan fingerprint density at radius 2 is 1.60 bits per heavy atom. The lowest BCUT2D eigenvalue weighted by molar-refractivity contribution is 0.652. The van der Waals surface area contributed by atoms with Crippen molar-refractivity contribution >= 4 is 21.6 Å². The highest BCUT2D eigenvalue weighted by Crippen LogP contribution is 2.21. The summed E-state index contributed by atoms with van der Waals surface area (Å²) < 4.78 is 1.13. The fourth-order valence-corrected chi connectivity index (χ4v) is 2.68. The van der Waals surface area contributed by atoms with Gasteiger partial charge < -0.3 is 4.90 Å². The van der Waals surface area contributed by atoms with Gasteiger partial charge in [-0.15, -0.1) is 0 Å². The molecule has 0 bridgehead atoms. The van der Waals surface area contributed by atoms with Crippen LogP contribution < -0.4 is 4.90 Å². The number of benzene rings is 2. The molecule has 0 atom stereocenters. The second kappa shape index (κ2) is 7.49. The summed E-state index contributed by atoms with van der Waals surface area (Å²) in [6, 6.07) is 19.8. The van der Waals surface area contributed by atoms with Gasteiger partial charge in [-0.25, -0.2) is 0 Å². The lowest BCUT2D eigenvalue weighted by Gasteiger charge is -2.29. The number of halogens is 1. The van der Waals surface area contributed by atoms with E-state index in [0.29, 0.717) is 6.04 Å². The van der Waals surface area contributed by atoms with E-state index in [2.05, 4.69) is 89.3 Å². The van der Waals surface area contributed by atoms with Crippen LogP contribution in [0.4, 0.5) is 5.69 Å². The zero-order valence-electron chi connectivity index (χ0n) is 12.2. The first-order valence-electron chi connectivity index (χ1n) is 7.23. The highest BCUT2D eigenvalue weighted by molar-refractivity contribution is 9.10. The maximum Gasteiger partial charge on any atom is 0.0369 e. The Balaban J connectivity index is 1.94. The second-order valence-electron chi connectivity index (χ2n) is 5.35. The SMILES string of the molecule is CC(C)N(CCCc1ccccc1)c1ccc(Br)cc1. The Morgan fingerprint density at radius 1 is 0.950 bits per heavy atom. The molecule has 0 fully saturated rings. The zero-order valence-corrected chi connectivity index (χ0v) is 13.8. The number of hydrogen-bond acceptors (Lipinski definition) is 1. The molecule has 0 N–H and O–H groups in total. The van der Waals surface area contributed by atoms with E-state index in [0.717, 1.165) is 17.4 Å². The fraction of sp³-hybridized carbons (Fsp3) is 0.333. The Kier molecular flexibility index (Phi) is 5.66. The molecule has 2 rings (SSSR count). The molecule has 0 heterocycles. The van der Waals surface area contributed by atoms with Crippen molar-refractivity contribution in [2.45, 2.75) is 32.7 Å². The maximum absolute atomic E-state index is 3.50. The molecular weight excluding hydrogens is 310 g/mol. The summed E-state index contributed by atoms with van der Waals surface area (Å²) >= 11 is 3.50. The van der Waals surface area contributed by atoms with Gasteiger partial charge in [-0.3, -0.25) is 0 Å². The van der Waals surface area contributed by atoms with Crippen molar-refractivity contribution in [2.24, 2.45) is 0 Å². The van der Waals surface area contributed by atoms with Crippen LogP contribution in [0.2, 0.25) is 0 Å². The van der Waals surface area contributed by atoms with Gasteiger partial charge in [-0.05, 0) is 56.5 Å². The maximum atomic E-state index is 3.50. The number of rotatable bonds is 6. The smallest absolute Gasteiger partial charge is 0.0369 e. The number of aryl methyl sites for hydroxylation is 1. The van der Waals surface area contributed by atoms with Crippen molar-refractivity contribution in [3.05, 3.63) is 64.6 Å². The summed E-state index contributed by atoms with van der Waals surface area (Å²) in [5, 5.41) is 0. The van der Waals surface area contributed by atoms with Gasteiger partial charge in [-0.2, -0.15) is 0 Å². The van der Waals surface area contributed by atoms with E-state index >= 15 is 0 Å². The van der Waals surface area contributed by atoms with Gasteiger partial charge in [0.25, 0.3) is 0 Å². The quantitative estimate of drug-likeness (QED) is 0.694. The Hall–Kier alpha value is -1.28. The monoisotopic (exact) mass is 331 g/mol. The van der Waals surface area contributed by atoms with E-state index in [1.54, 1.807) is 0 Å². The van der Waals surface area contributed by atoms with E-state index in [1.165, 1.54) is 17.7 Å². The zero-order chi connectivity index (χ0) is 14.4. The summed E-state index contributed by atoms with van der Waals surface area (Å²) in [5.41, 5.74) is 2.73. The van der Waals surface area contributed by atoms with Crippen LogP contribution in [-0.4, -0.2) is 12.6 Å². The minimum atomic E-state index is 0.520. The molecule has 0 saturated carbocycles. The number of nitrogens with zero attached hydrogens (tertiary/aromatic N) is 1. The van der Waals surface area contributed by atoms with Crippen LogP contribution in [-0.2, 0) is 6.42 Å². The van der Waals surface area contributed by atoms with Crippen LogP contribution in [0.3, 0.4) is 0 Å². The summed E-state index contributed by atoms with van der Waals surface area (Å²) in [6.45, 7) is 5.60. The Morgan fingerprint density at radius 3 is 2.20 bits per heavy atom. The van der Waals surface area contributed by atoms with Crippen molar-refractivity contribution in [2.75, 3.05) is 11.4 Å². The summed E-state index contributed by atoms with van der Waals surface area (Å²) in [4.78, 5) is 2.47. The topological polar surface area (TPSA) is 3.24 Å². The number of anilines is 1. The van der Waals surface area contributed by atoms with Crippen molar-refractivity contribution in [3.63, 3.8) is 0 Å². The summed E-state index contributed by atoms with van der Waals surface area (Å²) in [6.07, 6.45) is 2.32. The average Bonchev–Trinajstić information content (AvgIpc) is 2.46. The molecule has 0 saturated heterocycles. The summed E-state index contributed by atoms with van der Waals surface area (Å²) in [5.74, 6) is 0. The molecule has 2 aromatic rings. The first-order chi connectivity index (χ1) is 9.66. The Labute approximate surface area is 130 Å². The van der Waals surface area contributed by atoms with E-state index in [1.807, 2.05) is 0 Å². The van der Waals surface area contributed by atoms with E-state index < -0.39 is 0 Å². The van der Waals surface area contributed by atoms with E-state index in [4.69, 9.17) is 0 Å². The van der Waals surface area contributed by atoms with Crippen LogP contribution in [0.1, 0.15) is 25.8 Å². The van der Waals surface area contributed by atoms with Crippen molar-refractivity contribution in [1.82, 2.24) is 0 Å². The molecule has 0 aromatic heterocycles. The fourth-order valence-electron chi connectivity index (χ4n) is 2.42. The average molecular weight is 332 g/mol. The molecular formula is C18H22BrN. The molecule has 0 spiro atoms. The van der Waals surface area contributed by atoms with Gasteiger partial charge >= 0.3 is 0 Å². The molecule has 1 nitrogen and oxygen atoms in total. The van der Waals surface area contributed by atoms with E-state index in [-0.39, 0.29) is 0 Å². The van der Waals surface area contributed by atoms with Crippen LogP contribution in [0.15, 0.2) is 59.1 Å². The van der Waals surface area contributed by atoms with Crippen molar-refractivity contribution in [3.8, 4) is 0 Å². The molecule has 0 aliphatic rings. The first-order valence-corrected chi connectivity index (χ1v) is 8.02. The molecule has 20 heavy (non-hydrogen) atoms. The van der Waals surface area contributed by atoms with Gasteiger partial charge in [0.15, 0.2) is 0 Å². The van der Waals surface area contributed by atoms with Crippen LogP contribution in [0.5, 0.6) is 0 Å². The number of hydrogen-bond donors (Lipinski definition) is 0. The highest BCUT2D eigenvalue weighted by atomic mass is 79.9. The van der Waals surface area contributed by atoms with Gasteiger partial charge in [0.05, 0.1) is 0 Å². The minimum absolute atomic E-state index is 0.520. The third-order valence-corrected chi connectivity index (χ3v) is 4.02. The van der Waals surface area contributed by atoms with Gasteiger partial charge in [-0.1, -0.05) is 46.3 Å². The molecule has 0 amide bonds. The molecule has 106 valence electrons. The van der Waals surface area contributed by atoms with Crippen molar-refractivity contribution in [1.29, 1.82) is 0 Å². The Bertz CT molecular complexity index is 505. The normalized spacial score (nSPS) is 10.8. The predicted octanol–water partition coefficient (Wildman–Crippen LogP) is 5.30. The molecule has 0 unspecified atom stereocenters. The molecule has 2 heteroatoms. The van der Waals surface area contributed by atoms with Gasteiger partial charge in [0.2, 0.25) is 0 Å². The molecule has 2 aromatic carbocycles. The first kappa shape index (κ1) is 15.1. The van der Waals surface area contributed by atoms with Crippen LogP contribution in [0.25, 0.3) is 0 Å². The highest BCUT2D eigenvalue weighted by Gasteiger charge is 2.10. The predicted molar refractivity (Wildman–Crippen MR) is 91.4 cm³/mol. The largest absolute Gasteiger partial charge is 0.369 e. The van der Waals surface area contributed by atoms with Crippen molar-refractivity contribution < 1.29 is 0 Å². The lowest BCUT2D eigenvalue weighted by atomic mass is 10.1. The van der Waals surface area contributed by atoms with Gasteiger partial charge in [0.1, 0.15) is 0 Å². The van der Waals surface area contributed by atoms with Gasteiger partial charge in [0, 0.05) is 22.7 Å². The molecule has 0 aliphatic carbocycles. The third kappa shape index (κ3) is 4.38. The lowest BCUT2D eigenvalue weighted by Crippen LogP contribution is -2.31. The van der Waals surface area contributed by atoms with E-state index in [9.17, 15) is 0 Å². The third-order valence-electron chi connectivity index (χ3n) is 3.49. The molecule has 0 radical (unpaired) electrons. The standard InChI is InChI=1S/C18H22BrN/c1-15(2)20(18-12-10-17(19)11-13-18)14-6-9-16-7-4-3-5-8-16/h3-5,7-8,10-13,15H,6,9,14H2,1-2H3. The summed E-state index contributed by atoms with van der Waals surface area (Å²) in [7, 11) is 0. The van der Waals surface area contributed by atoms with Crippen LogP contribution in [0, 0.1) is 0 Å². The van der Waals surface area contributed by atoms with Crippen LogP contribution >= 0.6 is 15.9 Å². The second-order valence-corrected chi connectivity index (χ2v) is 6.27. The minimum Gasteiger partial charge on any atom is -0.369 e. The molecule has 0 aliphatic heterocycles.